The van der Waals surface area contributed by atoms with Crippen LogP contribution in [0.5, 0.6) is 17.2 Å². The Bertz CT molecular complexity index is 968. The van der Waals surface area contributed by atoms with Gasteiger partial charge in [-0.05, 0) is 18.2 Å². The quantitative estimate of drug-likeness (QED) is 0.681. The first-order valence-corrected chi connectivity index (χ1v) is 8.72. The predicted molar refractivity (Wildman–Crippen MR) is 105 cm³/mol. The third-order valence-corrected chi connectivity index (χ3v) is 4.50. The number of ether oxygens (including phenoxy) is 3. The number of hydrogen-bond acceptors (Lipinski definition) is 5. The Kier molecular flexibility index (Phi) is 5.84. The summed E-state index contributed by atoms with van der Waals surface area (Å²) in [5, 5.41) is 3.06. The number of aryl methyl sites for hydroxylation is 1. The highest BCUT2D eigenvalue weighted by Gasteiger charge is 2.25. The molecular weight excluding hydrogens is 358 g/mol. The molecule has 7 heteroatoms. The van der Waals surface area contributed by atoms with Crippen LogP contribution < -0.4 is 19.5 Å². The molecule has 0 aliphatic heterocycles. The van der Waals surface area contributed by atoms with Crippen molar-refractivity contribution in [3.63, 3.8) is 0 Å². The van der Waals surface area contributed by atoms with Crippen LogP contribution in [0, 0.1) is 0 Å². The highest BCUT2D eigenvalue weighted by Crippen LogP contribution is 2.30. The molecule has 0 bridgehead atoms. The Balaban J connectivity index is 2.01. The highest BCUT2D eigenvalue weighted by molar-refractivity contribution is 5.97. The van der Waals surface area contributed by atoms with E-state index in [0.717, 1.165) is 5.56 Å². The molecule has 0 saturated heterocycles. The van der Waals surface area contributed by atoms with E-state index in [1.807, 2.05) is 42.1 Å². The van der Waals surface area contributed by atoms with Gasteiger partial charge in [0.15, 0.2) is 0 Å². The number of para-hydroxylation sites is 1. The molecule has 0 saturated carbocycles. The average molecular weight is 381 g/mol. The fourth-order valence-corrected chi connectivity index (χ4v) is 3.04. The minimum absolute atomic E-state index is 0.293. The van der Waals surface area contributed by atoms with E-state index in [1.165, 1.54) is 7.11 Å². The third kappa shape index (κ3) is 3.78. The molecule has 0 radical (unpaired) electrons. The number of methoxy groups -OCH3 is 3. The first-order chi connectivity index (χ1) is 13.6. The molecule has 1 N–H and O–H groups in total. The minimum atomic E-state index is -0.504. The summed E-state index contributed by atoms with van der Waals surface area (Å²) < 4.78 is 17.9. The number of nitrogens with zero attached hydrogens (tertiary/aromatic N) is 2. The van der Waals surface area contributed by atoms with Crippen molar-refractivity contribution >= 4 is 5.91 Å². The van der Waals surface area contributed by atoms with Gasteiger partial charge in [0.25, 0.3) is 5.91 Å². The molecule has 1 heterocycles. The Morgan fingerprint density at radius 1 is 1.04 bits per heavy atom. The number of carbonyl (C=O) groups excluding carboxylic acids is 1. The number of hydrogen-bond donors (Lipinski definition) is 1. The third-order valence-electron chi connectivity index (χ3n) is 4.50. The van der Waals surface area contributed by atoms with Gasteiger partial charge in [0.2, 0.25) is 0 Å². The number of rotatable bonds is 7. The fourth-order valence-electron chi connectivity index (χ4n) is 3.04. The van der Waals surface area contributed by atoms with Crippen molar-refractivity contribution in [1.82, 2.24) is 14.9 Å². The van der Waals surface area contributed by atoms with Gasteiger partial charge in [-0.2, -0.15) is 0 Å². The van der Waals surface area contributed by atoms with Crippen molar-refractivity contribution in [3.8, 4) is 17.2 Å². The average Bonchev–Trinajstić information content (AvgIpc) is 3.16. The van der Waals surface area contributed by atoms with E-state index in [4.69, 9.17) is 14.2 Å². The Morgan fingerprint density at radius 3 is 2.43 bits per heavy atom. The molecule has 1 atom stereocenters. The second-order valence-electron chi connectivity index (χ2n) is 6.11. The zero-order chi connectivity index (χ0) is 20.1. The summed E-state index contributed by atoms with van der Waals surface area (Å²) in [5.41, 5.74) is 1.21. The number of aromatic nitrogens is 2. The summed E-state index contributed by atoms with van der Waals surface area (Å²) in [6.45, 7) is 0. The van der Waals surface area contributed by atoms with E-state index in [1.54, 1.807) is 38.6 Å². The van der Waals surface area contributed by atoms with Gasteiger partial charge in [-0.1, -0.05) is 18.2 Å². The van der Waals surface area contributed by atoms with Crippen molar-refractivity contribution in [1.29, 1.82) is 0 Å². The lowest BCUT2D eigenvalue weighted by molar-refractivity contribution is 0.0937. The lowest BCUT2D eigenvalue weighted by Crippen LogP contribution is -2.31. The van der Waals surface area contributed by atoms with E-state index in [0.29, 0.717) is 28.6 Å². The Hall–Kier alpha value is -3.48. The molecule has 0 aliphatic rings. The van der Waals surface area contributed by atoms with Crippen LogP contribution in [0.2, 0.25) is 0 Å². The zero-order valence-corrected chi connectivity index (χ0v) is 16.3. The van der Waals surface area contributed by atoms with Crippen LogP contribution in [-0.2, 0) is 7.05 Å². The smallest absolute Gasteiger partial charge is 0.255 e. The monoisotopic (exact) mass is 381 g/mol. The highest BCUT2D eigenvalue weighted by atomic mass is 16.5. The molecule has 1 aromatic heterocycles. The number of nitrogens with one attached hydrogen (secondary N) is 1. The van der Waals surface area contributed by atoms with E-state index in [9.17, 15) is 4.79 Å². The topological polar surface area (TPSA) is 74.6 Å². The van der Waals surface area contributed by atoms with Crippen molar-refractivity contribution in [3.05, 3.63) is 71.8 Å². The Labute approximate surface area is 163 Å². The molecule has 28 heavy (non-hydrogen) atoms. The van der Waals surface area contributed by atoms with E-state index in [2.05, 4.69) is 10.3 Å². The zero-order valence-electron chi connectivity index (χ0n) is 16.3. The maximum atomic E-state index is 13.1. The van der Waals surface area contributed by atoms with Crippen molar-refractivity contribution in [2.24, 2.45) is 7.05 Å². The normalized spacial score (nSPS) is 11.6. The van der Waals surface area contributed by atoms with Gasteiger partial charge in [0.1, 0.15) is 29.1 Å². The molecule has 146 valence electrons. The van der Waals surface area contributed by atoms with Crippen LogP contribution in [0.4, 0.5) is 0 Å². The SMILES string of the molecule is COc1ccc(C(=O)NC(c2ccccc2OC)c2nccn2C)c(OC)c1. The summed E-state index contributed by atoms with van der Waals surface area (Å²) in [7, 11) is 6.56. The van der Waals surface area contributed by atoms with Gasteiger partial charge in [-0.3, -0.25) is 4.79 Å². The Morgan fingerprint density at radius 2 is 1.79 bits per heavy atom. The summed E-state index contributed by atoms with van der Waals surface area (Å²) in [4.78, 5) is 17.5. The lowest BCUT2D eigenvalue weighted by atomic mass is 10.0. The van der Waals surface area contributed by atoms with Crippen molar-refractivity contribution in [2.45, 2.75) is 6.04 Å². The molecule has 1 unspecified atom stereocenters. The lowest BCUT2D eigenvalue weighted by Gasteiger charge is -2.22. The van der Waals surface area contributed by atoms with Crippen LogP contribution in [0.1, 0.15) is 27.8 Å². The van der Waals surface area contributed by atoms with Crippen LogP contribution in [-0.4, -0.2) is 36.8 Å². The largest absolute Gasteiger partial charge is 0.497 e. The fraction of sp³-hybridized carbons (Fsp3) is 0.238. The maximum absolute atomic E-state index is 13.1. The minimum Gasteiger partial charge on any atom is -0.497 e. The summed E-state index contributed by atoms with van der Waals surface area (Å²) in [5.74, 6) is 2.09. The number of amides is 1. The van der Waals surface area contributed by atoms with Gasteiger partial charge in [-0.15, -0.1) is 0 Å². The van der Waals surface area contributed by atoms with E-state index in [-0.39, 0.29) is 5.91 Å². The molecule has 2 aromatic carbocycles. The van der Waals surface area contributed by atoms with E-state index >= 15 is 0 Å². The number of imidazole rings is 1. The van der Waals surface area contributed by atoms with Crippen LogP contribution in [0.25, 0.3) is 0 Å². The molecule has 3 aromatic rings. The standard InChI is InChI=1S/C21H23N3O4/c1-24-12-11-22-20(24)19(15-7-5-6-8-17(15)27-3)23-21(25)16-10-9-14(26-2)13-18(16)28-4/h5-13,19H,1-4H3,(H,23,25). The molecule has 7 nitrogen and oxygen atoms in total. The first-order valence-electron chi connectivity index (χ1n) is 8.72. The van der Waals surface area contributed by atoms with Crippen LogP contribution in [0.15, 0.2) is 54.9 Å². The van der Waals surface area contributed by atoms with Gasteiger partial charge >= 0.3 is 0 Å². The summed E-state index contributed by atoms with van der Waals surface area (Å²) >= 11 is 0. The first kappa shape index (κ1) is 19.3. The molecule has 0 spiro atoms. The van der Waals surface area contributed by atoms with Crippen LogP contribution >= 0.6 is 0 Å². The van der Waals surface area contributed by atoms with Gasteiger partial charge in [-0.25, -0.2) is 4.98 Å². The van der Waals surface area contributed by atoms with Gasteiger partial charge in [0.05, 0.1) is 26.9 Å². The molecular formula is C21H23N3O4. The molecule has 3 rings (SSSR count). The van der Waals surface area contributed by atoms with E-state index < -0.39 is 6.04 Å². The summed E-state index contributed by atoms with van der Waals surface area (Å²) in [6, 6.07) is 12.1. The second-order valence-corrected chi connectivity index (χ2v) is 6.11. The summed E-state index contributed by atoms with van der Waals surface area (Å²) in [6.07, 6.45) is 3.52. The second kappa shape index (κ2) is 8.47. The number of carbonyl (C=O) groups is 1. The van der Waals surface area contributed by atoms with Crippen molar-refractivity contribution < 1.29 is 19.0 Å². The molecule has 0 fully saturated rings. The number of benzene rings is 2. The molecule has 0 aliphatic carbocycles. The van der Waals surface area contributed by atoms with Crippen molar-refractivity contribution in [2.75, 3.05) is 21.3 Å². The molecule has 1 amide bonds. The van der Waals surface area contributed by atoms with Crippen LogP contribution in [0.3, 0.4) is 0 Å². The maximum Gasteiger partial charge on any atom is 0.255 e. The van der Waals surface area contributed by atoms with Gasteiger partial charge < -0.3 is 24.1 Å². The van der Waals surface area contributed by atoms with Gasteiger partial charge in [0, 0.05) is 31.1 Å². The predicted octanol–water partition coefficient (Wildman–Crippen LogP) is 2.97.